The molecule has 1 saturated heterocycles. The van der Waals surface area contributed by atoms with Crippen molar-refractivity contribution in [3.8, 4) is 0 Å². The lowest BCUT2D eigenvalue weighted by molar-refractivity contribution is -0.130. The van der Waals surface area contributed by atoms with Crippen molar-refractivity contribution in [3.05, 3.63) is 0 Å². The first-order chi connectivity index (χ1) is 6.83. The molecule has 3 nitrogen and oxygen atoms in total. The summed E-state index contributed by atoms with van der Waals surface area (Å²) >= 11 is 0. The number of hydrogen-bond donors (Lipinski definition) is 1. The van der Waals surface area contributed by atoms with Gasteiger partial charge in [-0.25, -0.2) is 0 Å². The molecule has 0 aromatic rings. The molecule has 1 spiro atoms. The van der Waals surface area contributed by atoms with Crippen LogP contribution in [0, 0.1) is 10.8 Å². The molecule has 0 bridgehead atoms. The average molecular weight is 208 g/mol. The van der Waals surface area contributed by atoms with Crippen LogP contribution >= 0.6 is 0 Å². The SMILES string of the molecule is CC1(C)C(N2CNC3(CC3)C2=O)C1(C)C. The van der Waals surface area contributed by atoms with Crippen LogP contribution in [0.25, 0.3) is 0 Å². The molecule has 1 N–H and O–H groups in total. The van der Waals surface area contributed by atoms with Gasteiger partial charge >= 0.3 is 0 Å². The first-order valence-corrected chi connectivity index (χ1v) is 5.89. The maximum Gasteiger partial charge on any atom is 0.244 e. The summed E-state index contributed by atoms with van der Waals surface area (Å²) in [6.07, 6.45) is 2.08. The fourth-order valence-electron chi connectivity index (χ4n) is 3.32. The molecule has 1 amide bonds. The maximum atomic E-state index is 12.2. The molecule has 84 valence electrons. The van der Waals surface area contributed by atoms with E-state index in [0.717, 1.165) is 19.5 Å². The summed E-state index contributed by atoms with van der Waals surface area (Å²) in [5.41, 5.74) is 0.407. The molecule has 2 saturated carbocycles. The highest BCUT2D eigenvalue weighted by Crippen LogP contribution is 2.66. The van der Waals surface area contributed by atoms with Crippen molar-refractivity contribution in [2.45, 2.75) is 52.1 Å². The smallest absolute Gasteiger partial charge is 0.244 e. The second kappa shape index (κ2) is 2.24. The Hall–Kier alpha value is -0.570. The molecule has 15 heavy (non-hydrogen) atoms. The fourth-order valence-corrected chi connectivity index (χ4v) is 3.32. The van der Waals surface area contributed by atoms with E-state index in [9.17, 15) is 4.79 Å². The molecule has 2 aliphatic carbocycles. The lowest BCUT2D eigenvalue weighted by atomic mass is 10.0. The second-order valence-electron chi connectivity index (χ2n) is 6.54. The Morgan fingerprint density at radius 3 is 2.07 bits per heavy atom. The van der Waals surface area contributed by atoms with Crippen molar-refractivity contribution in [2.75, 3.05) is 6.67 Å². The number of hydrogen-bond acceptors (Lipinski definition) is 2. The Balaban J connectivity index is 1.84. The van der Waals surface area contributed by atoms with Crippen LogP contribution in [0.3, 0.4) is 0 Å². The molecule has 0 atom stereocenters. The molecule has 1 aliphatic heterocycles. The predicted molar refractivity (Wildman–Crippen MR) is 58.2 cm³/mol. The standard InChI is InChI=1S/C12H20N2O/c1-10(2)8(11(10,3)4)14-7-13-12(5-6-12)9(14)15/h8,13H,5-7H2,1-4H3. The molecule has 1 heterocycles. The molecular formula is C12H20N2O. The lowest BCUT2D eigenvalue weighted by Crippen LogP contribution is -2.35. The molecule has 0 radical (unpaired) electrons. The Labute approximate surface area is 91.2 Å². The third-order valence-electron chi connectivity index (χ3n) is 5.26. The second-order valence-corrected chi connectivity index (χ2v) is 6.54. The average Bonchev–Trinajstić information content (AvgIpc) is 2.93. The molecule has 3 rings (SSSR count). The lowest BCUT2D eigenvalue weighted by Gasteiger charge is -2.17. The van der Waals surface area contributed by atoms with Crippen LogP contribution in [0.5, 0.6) is 0 Å². The summed E-state index contributed by atoms with van der Waals surface area (Å²) < 4.78 is 0. The van der Waals surface area contributed by atoms with Gasteiger partial charge in [0, 0.05) is 6.04 Å². The minimum absolute atomic E-state index is 0.130. The van der Waals surface area contributed by atoms with Gasteiger partial charge < -0.3 is 4.90 Å². The maximum absolute atomic E-state index is 12.2. The number of amides is 1. The highest BCUT2D eigenvalue weighted by Gasteiger charge is 2.71. The monoisotopic (exact) mass is 208 g/mol. The first kappa shape index (κ1) is 9.64. The highest BCUT2D eigenvalue weighted by molar-refractivity contribution is 5.92. The third-order valence-corrected chi connectivity index (χ3v) is 5.26. The van der Waals surface area contributed by atoms with Crippen LogP contribution in [0.15, 0.2) is 0 Å². The number of nitrogens with one attached hydrogen (secondary N) is 1. The molecule has 3 fully saturated rings. The summed E-state index contributed by atoms with van der Waals surface area (Å²) in [7, 11) is 0. The minimum Gasteiger partial charge on any atom is -0.324 e. The van der Waals surface area contributed by atoms with Gasteiger partial charge in [-0.3, -0.25) is 10.1 Å². The minimum atomic E-state index is -0.130. The number of carbonyl (C=O) groups excluding carboxylic acids is 1. The number of carbonyl (C=O) groups is 1. The Bertz CT molecular complexity index is 328. The van der Waals surface area contributed by atoms with Crippen LogP contribution in [0.2, 0.25) is 0 Å². The molecule has 3 aliphatic rings. The van der Waals surface area contributed by atoms with E-state index >= 15 is 0 Å². The Morgan fingerprint density at radius 1 is 1.20 bits per heavy atom. The van der Waals surface area contributed by atoms with Gasteiger partial charge in [0.2, 0.25) is 5.91 Å². The Kier molecular flexibility index (Phi) is 1.44. The van der Waals surface area contributed by atoms with E-state index in [0.29, 0.717) is 11.9 Å². The quantitative estimate of drug-likeness (QED) is 0.705. The van der Waals surface area contributed by atoms with E-state index in [1.165, 1.54) is 0 Å². The molecular weight excluding hydrogens is 188 g/mol. The van der Waals surface area contributed by atoms with Gasteiger partial charge in [-0.1, -0.05) is 27.7 Å². The van der Waals surface area contributed by atoms with Crippen molar-refractivity contribution in [1.82, 2.24) is 10.2 Å². The van der Waals surface area contributed by atoms with E-state index in [4.69, 9.17) is 0 Å². The van der Waals surface area contributed by atoms with Gasteiger partial charge in [-0.15, -0.1) is 0 Å². The normalized spacial score (nSPS) is 34.9. The number of rotatable bonds is 1. The van der Waals surface area contributed by atoms with Crippen molar-refractivity contribution < 1.29 is 4.79 Å². The van der Waals surface area contributed by atoms with E-state index < -0.39 is 0 Å². The topological polar surface area (TPSA) is 32.3 Å². The van der Waals surface area contributed by atoms with Crippen LogP contribution in [0.1, 0.15) is 40.5 Å². The zero-order chi connectivity index (χ0) is 11.1. The van der Waals surface area contributed by atoms with Gasteiger partial charge in [-0.05, 0) is 23.7 Å². The molecule has 0 aromatic carbocycles. The largest absolute Gasteiger partial charge is 0.324 e. The summed E-state index contributed by atoms with van der Waals surface area (Å²) in [5.74, 6) is 0.353. The van der Waals surface area contributed by atoms with Gasteiger partial charge in [-0.2, -0.15) is 0 Å². The van der Waals surface area contributed by atoms with Crippen LogP contribution in [-0.4, -0.2) is 29.1 Å². The van der Waals surface area contributed by atoms with Gasteiger partial charge in [0.15, 0.2) is 0 Å². The molecule has 0 unspecified atom stereocenters. The van der Waals surface area contributed by atoms with Crippen molar-refractivity contribution in [1.29, 1.82) is 0 Å². The van der Waals surface area contributed by atoms with E-state index in [1.54, 1.807) is 0 Å². The van der Waals surface area contributed by atoms with Gasteiger partial charge in [0.25, 0.3) is 0 Å². The zero-order valence-corrected chi connectivity index (χ0v) is 10.1. The fraction of sp³-hybridized carbons (Fsp3) is 0.917. The van der Waals surface area contributed by atoms with Gasteiger partial charge in [0.05, 0.1) is 12.2 Å². The zero-order valence-electron chi connectivity index (χ0n) is 10.1. The highest BCUT2D eigenvalue weighted by atomic mass is 16.2. The molecule has 3 heteroatoms. The van der Waals surface area contributed by atoms with Gasteiger partial charge in [0.1, 0.15) is 0 Å². The van der Waals surface area contributed by atoms with E-state index in [2.05, 4.69) is 37.9 Å². The van der Waals surface area contributed by atoms with Crippen molar-refractivity contribution in [2.24, 2.45) is 10.8 Å². The molecule has 0 aromatic heterocycles. The van der Waals surface area contributed by atoms with Crippen molar-refractivity contribution in [3.63, 3.8) is 0 Å². The van der Waals surface area contributed by atoms with E-state index in [1.807, 2.05) is 0 Å². The van der Waals surface area contributed by atoms with E-state index in [-0.39, 0.29) is 16.4 Å². The number of nitrogens with zero attached hydrogens (tertiary/aromatic N) is 1. The first-order valence-electron chi connectivity index (χ1n) is 5.89. The summed E-state index contributed by atoms with van der Waals surface area (Å²) in [4.78, 5) is 14.3. The third kappa shape index (κ3) is 0.930. The Morgan fingerprint density at radius 2 is 1.73 bits per heavy atom. The van der Waals surface area contributed by atoms with Crippen LogP contribution < -0.4 is 5.32 Å². The van der Waals surface area contributed by atoms with Crippen LogP contribution in [0.4, 0.5) is 0 Å². The van der Waals surface area contributed by atoms with Crippen molar-refractivity contribution >= 4 is 5.91 Å². The summed E-state index contributed by atoms with van der Waals surface area (Å²) in [6.45, 7) is 9.83. The summed E-state index contributed by atoms with van der Waals surface area (Å²) in [6, 6.07) is 0.421. The summed E-state index contributed by atoms with van der Waals surface area (Å²) in [5, 5.41) is 3.38. The predicted octanol–water partition coefficient (Wildman–Crippen LogP) is 1.34. The van der Waals surface area contributed by atoms with Crippen LogP contribution in [-0.2, 0) is 4.79 Å².